The molecule has 1 saturated carbocycles. The smallest absolute Gasteiger partial charge is 0.0774 e. The number of hydrogen-bond donors (Lipinski definition) is 2. The molecular formula is C15H29NO2. The molecule has 1 aliphatic carbocycles. The third-order valence-electron chi connectivity index (χ3n) is 4.88. The fraction of sp³-hybridized carbons (Fsp3) is 1.00. The standard InChI is InChI=1S/C15H29NO2/c1-12-6-8-15(18,9-7-12)11-16-10-4-5-13(16)14(2,3)17/h12-13,17-18H,4-11H2,1-3H3/t12?,13-,15?/m1/s1. The Morgan fingerprint density at radius 2 is 1.83 bits per heavy atom. The summed E-state index contributed by atoms with van der Waals surface area (Å²) in [7, 11) is 0. The van der Waals surface area contributed by atoms with Gasteiger partial charge in [-0.05, 0) is 64.8 Å². The van der Waals surface area contributed by atoms with Crippen molar-refractivity contribution >= 4 is 0 Å². The second-order valence-corrected chi connectivity index (χ2v) is 7.19. The second-order valence-electron chi connectivity index (χ2n) is 7.19. The second kappa shape index (κ2) is 5.10. The van der Waals surface area contributed by atoms with Crippen molar-refractivity contribution in [2.45, 2.75) is 76.5 Å². The zero-order chi connectivity index (χ0) is 13.4. The Kier molecular flexibility index (Phi) is 4.05. The molecule has 0 bridgehead atoms. The zero-order valence-electron chi connectivity index (χ0n) is 12.2. The van der Waals surface area contributed by atoms with Crippen LogP contribution in [0.4, 0.5) is 0 Å². The molecule has 2 rings (SSSR count). The van der Waals surface area contributed by atoms with Gasteiger partial charge < -0.3 is 10.2 Å². The summed E-state index contributed by atoms with van der Waals surface area (Å²) in [6.45, 7) is 7.82. The first-order valence-electron chi connectivity index (χ1n) is 7.49. The van der Waals surface area contributed by atoms with Gasteiger partial charge >= 0.3 is 0 Å². The molecule has 3 nitrogen and oxygen atoms in total. The largest absolute Gasteiger partial charge is 0.389 e. The molecule has 0 radical (unpaired) electrons. The number of hydrogen-bond acceptors (Lipinski definition) is 3. The molecule has 0 unspecified atom stereocenters. The molecule has 3 heteroatoms. The maximum absolute atomic E-state index is 10.7. The Morgan fingerprint density at radius 3 is 2.39 bits per heavy atom. The normalized spacial score (nSPS) is 39.2. The van der Waals surface area contributed by atoms with Gasteiger partial charge in [-0.25, -0.2) is 0 Å². The first-order valence-corrected chi connectivity index (χ1v) is 7.49. The summed E-state index contributed by atoms with van der Waals surface area (Å²) in [6.07, 6.45) is 6.30. The van der Waals surface area contributed by atoms with E-state index in [1.54, 1.807) is 0 Å². The number of likely N-dealkylation sites (tertiary alicyclic amines) is 1. The maximum atomic E-state index is 10.7. The van der Waals surface area contributed by atoms with Gasteiger partial charge in [0.1, 0.15) is 0 Å². The van der Waals surface area contributed by atoms with Crippen LogP contribution in [0.25, 0.3) is 0 Å². The minimum atomic E-state index is -0.658. The average molecular weight is 255 g/mol. The van der Waals surface area contributed by atoms with E-state index in [0.29, 0.717) is 0 Å². The summed E-state index contributed by atoms with van der Waals surface area (Å²) in [6, 6.07) is 0.209. The van der Waals surface area contributed by atoms with E-state index in [4.69, 9.17) is 0 Å². The SMILES string of the molecule is CC1CCC(O)(CN2CCC[C@@H]2C(C)(C)O)CC1. The molecule has 106 valence electrons. The summed E-state index contributed by atoms with van der Waals surface area (Å²) in [5.74, 6) is 0.758. The molecule has 2 N–H and O–H groups in total. The van der Waals surface area contributed by atoms with Gasteiger partial charge in [0, 0.05) is 12.6 Å². The minimum absolute atomic E-state index is 0.209. The first-order chi connectivity index (χ1) is 8.30. The van der Waals surface area contributed by atoms with Crippen LogP contribution in [0.5, 0.6) is 0 Å². The summed E-state index contributed by atoms with van der Waals surface area (Å²) >= 11 is 0. The van der Waals surface area contributed by atoms with Gasteiger partial charge in [-0.2, -0.15) is 0 Å². The molecule has 1 aliphatic heterocycles. The van der Waals surface area contributed by atoms with Crippen molar-refractivity contribution in [1.82, 2.24) is 4.90 Å². The van der Waals surface area contributed by atoms with Gasteiger partial charge in [0.2, 0.25) is 0 Å². The summed E-state index contributed by atoms with van der Waals surface area (Å²) < 4.78 is 0. The summed E-state index contributed by atoms with van der Waals surface area (Å²) in [4.78, 5) is 2.32. The highest BCUT2D eigenvalue weighted by Crippen LogP contribution is 2.35. The first kappa shape index (κ1) is 14.3. The van der Waals surface area contributed by atoms with E-state index in [2.05, 4.69) is 11.8 Å². The van der Waals surface area contributed by atoms with Crippen molar-refractivity contribution in [3.63, 3.8) is 0 Å². The molecule has 1 heterocycles. The van der Waals surface area contributed by atoms with Gasteiger partial charge in [-0.3, -0.25) is 4.90 Å². The monoisotopic (exact) mass is 255 g/mol. The van der Waals surface area contributed by atoms with E-state index in [1.165, 1.54) is 0 Å². The highest BCUT2D eigenvalue weighted by molar-refractivity contribution is 4.95. The lowest BCUT2D eigenvalue weighted by atomic mass is 9.79. The van der Waals surface area contributed by atoms with E-state index in [-0.39, 0.29) is 6.04 Å². The van der Waals surface area contributed by atoms with E-state index >= 15 is 0 Å². The number of rotatable bonds is 3. The zero-order valence-corrected chi connectivity index (χ0v) is 12.2. The van der Waals surface area contributed by atoms with E-state index < -0.39 is 11.2 Å². The van der Waals surface area contributed by atoms with Crippen molar-refractivity contribution in [2.75, 3.05) is 13.1 Å². The Bertz CT molecular complexity index is 277. The third kappa shape index (κ3) is 3.25. The fourth-order valence-corrected chi connectivity index (χ4v) is 3.65. The van der Waals surface area contributed by atoms with Crippen LogP contribution >= 0.6 is 0 Å². The Labute approximate surface area is 111 Å². The van der Waals surface area contributed by atoms with Crippen LogP contribution in [0.3, 0.4) is 0 Å². The van der Waals surface area contributed by atoms with Crippen LogP contribution in [0, 0.1) is 5.92 Å². The fourth-order valence-electron chi connectivity index (χ4n) is 3.65. The molecule has 1 atom stereocenters. The maximum Gasteiger partial charge on any atom is 0.0774 e. The van der Waals surface area contributed by atoms with Gasteiger partial charge in [-0.15, -0.1) is 0 Å². The van der Waals surface area contributed by atoms with E-state index in [0.717, 1.165) is 57.5 Å². The Hall–Kier alpha value is -0.120. The number of β-amino-alcohol motifs (C(OH)–C–C–N with tert-alkyl or cyclic N) is 1. The molecule has 0 aromatic rings. The molecule has 0 aromatic carbocycles. The minimum Gasteiger partial charge on any atom is -0.389 e. The van der Waals surface area contributed by atoms with E-state index in [9.17, 15) is 10.2 Å². The van der Waals surface area contributed by atoms with Crippen LogP contribution in [-0.4, -0.2) is 45.4 Å². The molecule has 0 aromatic heterocycles. The molecule has 18 heavy (non-hydrogen) atoms. The average Bonchev–Trinajstić information content (AvgIpc) is 2.70. The van der Waals surface area contributed by atoms with Gasteiger partial charge in [-0.1, -0.05) is 6.92 Å². The predicted octanol–water partition coefficient (Wildman–Crippen LogP) is 2.16. The van der Waals surface area contributed by atoms with Crippen molar-refractivity contribution in [3.8, 4) is 0 Å². The number of aliphatic hydroxyl groups is 2. The summed E-state index contributed by atoms with van der Waals surface area (Å²) in [5, 5.41) is 20.9. The molecule has 0 amide bonds. The lowest BCUT2D eigenvalue weighted by Gasteiger charge is -2.41. The van der Waals surface area contributed by atoms with Crippen molar-refractivity contribution < 1.29 is 10.2 Å². The van der Waals surface area contributed by atoms with Gasteiger partial charge in [0.05, 0.1) is 11.2 Å². The van der Waals surface area contributed by atoms with Gasteiger partial charge in [0.15, 0.2) is 0 Å². The van der Waals surface area contributed by atoms with Crippen molar-refractivity contribution in [2.24, 2.45) is 5.92 Å². The Balaban J connectivity index is 1.96. The topological polar surface area (TPSA) is 43.7 Å². The molecule has 2 fully saturated rings. The number of nitrogens with zero attached hydrogens (tertiary/aromatic N) is 1. The van der Waals surface area contributed by atoms with Crippen LogP contribution < -0.4 is 0 Å². The van der Waals surface area contributed by atoms with Crippen LogP contribution in [0.1, 0.15) is 59.3 Å². The van der Waals surface area contributed by atoms with Gasteiger partial charge in [0.25, 0.3) is 0 Å². The third-order valence-corrected chi connectivity index (χ3v) is 4.88. The predicted molar refractivity (Wildman–Crippen MR) is 73.5 cm³/mol. The van der Waals surface area contributed by atoms with E-state index in [1.807, 2.05) is 13.8 Å². The highest BCUT2D eigenvalue weighted by Gasteiger charge is 2.41. The molecular weight excluding hydrogens is 226 g/mol. The van der Waals surface area contributed by atoms with Crippen LogP contribution in [0.2, 0.25) is 0 Å². The molecule has 2 aliphatic rings. The lowest BCUT2D eigenvalue weighted by molar-refractivity contribution is -0.0655. The molecule has 1 saturated heterocycles. The van der Waals surface area contributed by atoms with Crippen molar-refractivity contribution in [1.29, 1.82) is 0 Å². The highest BCUT2D eigenvalue weighted by atomic mass is 16.3. The van der Waals surface area contributed by atoms with Crippen LogP contribution in [0.15, 0.2) is 0 Å². The summed E-state index contributed by atoms with van der Waals surface area (Å²) in [5.41, 5.74) is -1.17. The van der Waals surface area contributed by atoms with Crippen molar-refractivity contribution in [3.05, 3.63) is 0 Å². The Morgan fingerprint density at radius 1 is 1.22 bits per heavy atom. The lowest BCUT2D eigenvalue weighted by Crippen LogP contribution is -2.52. The van der Waals surface area contributed by atoms with Crippen LogP contribution in [-0.2, 0) is 0 Å². The quantitative estimate of drug-likeness (QED) is 0.812. The molecule has 0 spiro atoms.